The zero-order chi connectivity index (χ0) is 22.9. The molecule has 5 nitrogen and oxygen atoms in total. The predicted molar refractivity (Wildman–Crippen MR) is 129 cm³/mol. The van der Waals surface area contributed by atoms with E-state index in [1.54, 1.807) is 26.4 Å². The van der Waals surface area contributed by atoms with Gasteiger partial charge in [0.25, 0.3) is 0 Å². The molecule has 0 radical (unpaired) electrons. The van der Waals surface area contributed by atoms with Crippen LogP contribution in [0.25, 0.3) is 11.6 Å². The lowest BCUT2D eigenvalue weighted by atomic mass is 10.0. The second kappa shape index (κ2) is 11.3. The number of methoxy groups -OCH3 is 2. The van der Waals surface area contributed by atoms with Crippen molar-refractivity contribution in [3.05, 3.63) is 81.8 Å². The van der Waals surface area contributed by atoms with Crippen LogP contribution in [0, 0.1) is 11.3 Å². The molecule has 3 rings (SSSR count). The summed E-state index contributed by atoms with van der Waals surface area (Å²) in [6.45, 7) is 2.85. The molecular formula is C26H24BrNO4. The Kier molecular flexibility index (Phi) is 8.18. The summed E-state index contributed by atoms with van der Waals surface area (Å²) in [5.41, 5.74) is 3.12. The van der Waals surface area contributed by atoms with Crippen LogP contribution in [0.15, 0.2) is 65.1 Å². The van der Waals surface area contributed by atoms with Crippen LogP contribution in [0.1, 0.15) is 23.6 Å². The average molecular weight is 494 g/mol. The van der Waals surface area contributed by atoms with Gasteiger partial charge in [-0.15, -0.1) is 0 Å². The summed E-state index contributed by atoms with van der Waals surface area (Å²) >= 11 is 3.44. The van der Waals surface area contributed by atoms with Gasteiger partial charge in [0.1, 0.15) is 6.61 Å². The molecule has 0 amide bonds. The van der Waals surface area contributed by atoms with Crippen molar-refractivity contribution in [3.8, 4) is 29.1 Å². The molecule has 0 heterocycles. The molecule has 0 saturated carbocycles. The third kappa shape index (κ3) is 5.83. The quantitative estimate of drug-likeness (QED) is 0.251. The highest BCUT2D eigenvalue weighted by molar-refractivity contribution is 9.10. The molecule has 0 aliphatic rings. The first-order chi connectivity index (χ1) is 15.6. The van der Waals surface area contributed by atoms with Crippen LogP contribution >= 0.6 is 15.9 Å². The molecule has 0 unspecified atom stereocenters. The number of hydrogen-bond donors (Lipinski definition) is 0. The Labute approximate surface area is 196 Å². The fraction of sp³-hybridized carbons (Fsp3) is 0.192. The van der Waals surface area contributed by atoms with Crippen molar-refractivity contribution in [3.63, 3.8) is 0 Å². The molecule has 3 aromatic carbocycles. The number of halogens is 1. The maximum absolute atomic E-state index is 9.74. The molecule has 0 N–H and O–H groups in total. The van der Waals surface area contributed by atoms with Crippen molar-refractivity contribution < 1.29 is 18.9 Å². The van der Waals surface area contributed by atoms with Gasteiger partial charge < -0.3 is 18.9 Å². The van der Waals surface area contributed by atoms with Gasteiger partial charge in [-0.1, -0.05) is 34.1 Å². The van der Waals surface area contributed by atoms with E-state index in [1.165, 1.54) is 0 Å². The zero-order valence-electron chi connectivity index (χ0n) is 18.2. The minimum Gasteiger partial charge on any atom is -0.493 e. The number of allylic oxidation sites excluding steroid dienone is 1. The molecule has 32 heavy (non-hydrogen) atoms. The molecule has 3 aromatic rings. The average Bonchev–Trinajstić information content (AvgIpc) is 2.82. The van der Waals surface area contributed by atoms with Crippen molar-refractivity contribution in [2.75, 3.05) is 20.8 Å². The first-order valence-electron chi connectivity index (χ1n) is 10.1. The molecular weight excluding hydrogens is 470 g/mol. The Morgan fingerprint density at radius 1 is 0.875 bits per heavy atom. The Balaban J connectivity index is 1.86. The lowest BCUT2D eigenvalue weighted by molar-refractivity contribution is 0.269. The topological polar surface area (TPSA) is 60.7 Å². The van der Waals surface area contributed by atoms with E-state index in [4.69, 9.17) is 18.9 Å². The zero-order valence-corrected chi connectivity index (χ0v) is 19.8. The van der Waals surface area contributed by atoms with Gasteiger partial charge in [0.15, 0.2) is 23.0 Å². The maximum atomic E-state index is 9.74. The van der Waals surface area contributed by atoms with Crippen molar-refractivity contribution in [1.82, 2.24) is 0 Å². The number of nitrogens with zero attached hydrogens (tertiary/aromatic N) is 1. The highest BCUT2D eigenvalue weighted by Crippen LogP contribution is 2.33. The van der Waals surface area contributed by atoms with E-state index in [0.717, 1.165) is 21.2 Å². The van der Waals surface area contributed by atoms with E-state index >= 15 is 0 Å². The SMILES string of the molecule is CCOc1cc(/C=C(\C#N)c2ccc(OC)c(OC)c2)ccc1OCc1ccc(Br)cc1. The fourth-order valence-electron chi connectivity index (χ4n) is 3.09. The van der Waals surface area contributed by atoms with Crippen LogP contribution in [0.3, 0.4) is 0 Å². The monoisotopic (exact) mass is 493 g/mol. The highest BCUT2D eigenvalue weighted by Gasteiger charge is 2.10. The summed E-state index contributed by atoms with van der Waals surface area (Å²) in [4.78, 5) is 0. The van der Waals surface area contributed by atoms with Crippen LogP contribution < -0.4 is 18.9 Å². The number of hydrogen-bond acceptors (Lipinski definition) is 5. The summed E-state index contributed by atoms with van der Waals surface area (Å²) < 4.78 is 23.4. The molecule has 0 aromatic heterocycles. The van der Waals surface area contributed by atoms with Gasteiger partial charge in [-0.2, -0.15) is 5.26 Å². The van der Waals surface area contributed by atoms with E-state index in [1.807, 2.05) is 61.5 Å². The van der Waals surface area contributed by atoms with E-state index in [-0.39, 0.29) is 0 Å². The van der Waals surface area contributed by atoms with Crippen molar-refractivity contribution in [1.29, 1.82) is 5.26 Å². The fourth-order valence-corrected chi connectivity index (χ4v) is 3.36. The third-order valence-electron chi connectivity index (χ3n) is 4.70. The van der Waals surface area contributed by atoms with Gasteiger partial charge in [0, 0.05) is 4.47 Å². The smallest absolute Gasteiger partial charge is 0.161 e. The van der Waals surface area contributed by atoms with Crippen LogP contribution in [-0.4, -0.2) is 20.8 Å². The Bertz CT molecular complexity index is 1130. The molecule has 164 valence electrons. The van der Waals surface area contributed by atoms with Gasteiger partial charge >= 0.3 is 0 Å². The molecule has 6 heteroatoms. The van der Waals surface area contributed by atoms with Gasteiger partial charge in [-0.3, -0.25) is 0 Å². The first-order valence-corrected chi connectivity index (χ1v) is 10.9. The molecule has 0 atom stereocenters. The minimum atomic E-state index is 0.428. The highest BCUT2D eigenvalue weighted by atomic mass is 79.9. The molecule has 0 aliphatic heterocycles. The minimum absolute atomic E-state index is 0.428. The van der Waals surface area contributed by atoms with Gasteiger partial charge in [0.05, 0.1) is 32.5 Å². The summed E-state index contributed by atoms with van der Waals surface area (Å²) in [6, 6.07) is 21.3. The number of benzene rings is 3. The Morgan fingerprint density at radius 3 is 2.25 bits per heavy atom. The van der Waals surface area contributed by atoms with Crippen LogP contribution in [0.4, 0.5) is 0 Å². The normalized spacial score (nSPS) is 10.9. The molecule has 0 spiro atoms. The van der Waals surface area contributed by atoms with Crippen molar-refractivity contribution in [2.24, 2.45) is 0 Å². The van der Waals surface area contributed by atoms with E-state index in [2.05, 4.69) is 22.0 Å². The number of nitriles is 1. The molecule has 0 saturated heterocycles. The van der Waals surface area contributed by atoms with Gasteiger partial charge in [0.2, 0.25) is 0 Å². The van der Waals surface area contributed by atoms with E-state index in [0.29, 0.717) is 41.8 Å². The lowest BCUT2D eigenvalue weighted by Gasteiger charge is -2.13. The number of ether oxygens (including phenoxy) is 4. The Hall–Kier alpha value is -3.43. The standard InChI is InChI=1S/C26H24BrNO4/c1-4-31-26-14-19(7-11-24(26)32-17-18-5-9-22(27)10-6-18)13-21(16-28)20-8-12-23(29-2)25(15-20)30-3/h5-15H,4,17H2,1-3H3/b21-13+. The third-order valence-corrected chi connectivity index (χ3v) is 5.23. The molecule has 0 aliphatic carbocycles. The lowest BCUT2D eigenvalue weighted by Crippen LogP contribution is -2.00. The molecule has 0 bridgehead atoms. The van der Waals surface area contributed by atoms with Crippen molar-refractivity contribution in [2.45, 2.75) is 13.5 Å². The van der Waals surface area contributed by atoms with E-state index < -0.39 is 0 Å². The second-order valence-corrected chi connectivity index (χ2v) is 7.71. The summed E-state index contributed by atoms with van der Waals surface area (Å²) in [5, 5.41) is 9.74. The summed E-state index contributed by atoms with van der Waals surface area (Å²) in [7, 11) is 3.15. The maximum Gasteiger partial charge on any atom is 0.161 e. The summed E-state index contributed by atoms with van der Waals surface area (Å²) in [5.74, 6) is 2.46. The number of rotatable bonds is 9. The van der Waals surface area contributed by atoms with Gasteiger partial charge in [-0.25, -0.2) is 0 Å². The predicted octanol–water partition coefficient (Wildman–Crippen LogP) is 6.51. The second-order valence-electron chi connectivity index (χ2n) is 6.79. The summed E-state index contributed by atoms with van der Waals surface area (Å²) in [6.07, 6.45) is 1.81. The largest absolute Gasteiger partial charge is 0.493 e. The van der Waals surface area contributed by atoms with Crippen molar-refractivity contribution >= 4 is 27.6 Å². The van der Waals surface area contributed by atoms with Crippen LogP contribution in [0.2, 0.25) is 0 Å². The van der Waals surface area contributed by atoms with Gasteiger partial charge in [-0.05, 0) is 72.2 Å². The Morgan fingerprint density at radius 2 is 1.59 bits per heavy atom. The first kappa shape index (κ1) is 23.2. The van der Waals surface area contributed by atoms with E-state index in [9.17, 15) is 5.26 Å². The van der Waals surface area contributed by atoms with Crippen LogP contribution in [-0.2, 0) is 6.61 Å². The molecule has 0 fully saturated rings. The van der Waals surface area contributed by atoms with Crippen LogP contribution in [0.5, 0.6) is 23.0 Å².